The van der Waals surface area contributed by atoms with Crippen LogP contribution in [0.2, 0.25) is 0 Å². The summed E-state index contributed by atoms with van der Waals surface area (Å²) in [5, 5.41) is 2.79. The number of ether oxygens (including phenoxy) is 3. The molecule has 1 N–H and O–H groups in total. The number of nitrogens with zero attached hydrogens (tertiary/aromatic N) is 1. The third kappa shape index (κ3) is 5.19. The molecule has 27 heavy (non-hydrogen) atoms. The molecule has 1 aromatic rings. The lowest BCUT2D eigenvalue weighted by Gasteiger charge is -2.26. The Morgan fingerprint density at radius 3 is 2.74 bits per heavy atom. The predicted octanol–water partition coefficient (Wildman–Crippen LogP) is 0.690. The van der Waals surface area contributed by atoms with Gasteiger partial charge in [0.15, 0.2) is 6.61 Å². The van der Waals surface area contributed by atoms with E-state index < -0.39 is 10.0 Å². The lowest BCUT2D eigenvalue weighted by atomic mass is 10.2. The van der Waals surface area contributed by atoms with Crippen LogP contribution in [0.3, 0.4) is 0 Å². The van der Waals surface area contributed by atoms with Gasteiger partial charge in [0.1, 0.15) is 5.75 Å². The number of morpholine rings is 1. The van der Waals surface area contributed by atoms with Crippen LogP contribution in [0.15, 0.2) is 23.1 Å². The topological polar surface area (TPSA) is 94.2 Å². The first-order chi connectivity index (χ1) is 13.0. The number of sulfonamides is 1. The van der Waals surface area contributed by atoms with Gasteiger partial charge in [0.25, 0.3) is 5.91 Å². The van der Waals surface area contributed by atoms with E-state index in [0.29, 0.717) is 44.2 Å². The summed E-state index contributed by atoms with van der Waals surface area (Å²) in [5.41, 5.74) is 0.663. The standard InChI is InChI=1S/C18H26N2O6S/c1-14-11-16(27(22,23)20-6-9-24-10-7-20)4-5-17(14)26-13-18(21)19-12-15-3-2-8-25-15/h4-5,11,15H,2-3,6-10,12-13H2,1H3,(H,19,21)/t15-/m1/s1. The van der Waals surface area contributed by atoms with Crippen molar-refractivity contribution in [1.82, 2.24) is 9.62 Å². The van der Waals surface area contributed by atoms with E-state index in [-0.39, 0.29) is 23.5 Å². The van der Waals surface area contributed by atoms with Crippen LogP contribution in [0.5, 0.6) is 5.75 Å². The maximum Gasteiger partial charge on any atom is 0.258 e. The molecule has 0 bridgehead atoms. The largest absolute Gasteiger partial charge is 0.484 e. The van der Waals surface area contributed by atoms with Crippen molar-refractivity contribution in [3.63, 3.8) is 0 Å². The summed E-state index contributed by atoms with van der Waals surface area (Å²) in [6, 6.07) is 4.68. The van der Waals surface area contributed by atoms with Gasteiger partial charge >= 0.3 is 0 Å². The normalized spacial score (nSPS) is 21.1. The fraction of sp³-hybridized carbons (Fsp3) is 0.611. The Balaban J connectivity index is 1.55. The second-order valence-corrected chi connectivity index (χ2v) is 8.61. The minimum Gasteiger partial charge on any atom is -0.484 e. The van der Waals surface area contributed by atoms with Gasteiger partial charge < -0.3 is 19.5 Å². The summed E-state index contributed by atoms with van der Waals surface area (Å²) >= 11 is 0. The van der Waals surface area contributed by atoms with E-state index in [9.17, 15) is 13.2 Å². The Labute approximate surface area is 159 Å². The Kier molecular flexibility index (Phi) is 6.69. The zero-order chi connectivity index (χ0) is 19.3. The third-order valence-corrected chi connectivity index (χ3v) is 6.56. The molecule has 1 atom stereocenters. The quantitative estimate of drug-likeness (QED) is 0.726. The SMILES string of the molecule is Cc1cc(S(=O)(=O)N2CCOCC2)ccc1OCC(=O)NC[C@H]1CCCO1. The van der Waals surface area contributed by atoms with Gasteiger partial charge in [0.2, 0.25) is 10.0 Å². The molecule has 1 aromatic carbocycles. The molecule has 0 aromatic heterocycles. The number of hydrogen-bond acceptors (Lipinski definition) is 6. The molecular formula is C18H26N2O6S. The van der Waals surface area contributed by atoms with Crippen molar-refractivity contribution in [3.05, 3.63) is 23.8 Å². The molecule has 9 heteroatoms. The van der Waals surface area contributed by atoms with Crippen LogP contribution >= 0.6 is 0 Å². The highest BCUT2D eigenvalue weighted by Gasteiger charge is 2.26. The number of rotatable bonds is 7. The smallest absolute Gasteiger partial charge is 0.258 e. The zero-order valence-corrected chi connectivity index (χ0v) is 16.3. The van der Waals surface area contributed by atoms with Gasteiger partial charge in [-0.05, 0) is 43.5 Å². The van der Waals surface area contributed by atoms with E-state index in [1.54, 1.807) is 19.1 Å². The van der Waals surface area contributed by atoms with E-state index in [2.05, 4.69) is 5.32 Å². The summed E-state index contributed by atoms with van der Waals surface area (Å²) in [5.74, 6) is 0.262. The minimum absolute atomic E-state index is 0.0837. The molecule has 0 aliphatic carbocycles. The second-order valence-electron chi connectivity index (χ2n) is 6.67. The van der Waals surface area contributed by atoms with Crippen molar-refractivity contribution < 1.29 is 27.4 Å². The van der Waals surface area contributed by atoms with Crippen molar-refractivity contribution in [2.45, 2.75) is 30.8 Å². The first-order valence-corrected chi connectivity index (χ1v) is 10.6. The average Bonchev–Trinajstić information content (AvgIpc) is 3.19. The Morgan fingerprint density at radius 2 is 2.07 bits per heavy atom. The van der Waals surface area contributed by atoms with Gasteiger partial charge in [-0.3, -0.25) is 4.79 Å². The second kappa shape index (κ2) is 9.01. The van der Waals surface area contributed by atoms with Crippen LogP contribution in [0, 0.1) is 6.92 Å². The summed E-state index contributed by atoms with van der Waals surface area (Å²) in [6.07, 6.45) is 2.07. The number of hydrogen-bond donors (Lipinski definition) is 1. The van der Waals surface area contributed by atoms with Gasteiger partial charge in [-0.1, -0.05) is 0 Å². The number of carbonyl (C=O) groups excluding carboxylic acids is 1. The first-order valence-electron chi connectivity index (χ1n) is 9.16. The highest BCUT2D eigenvalue weighted by molar-refractivity contribution is 7.89. The minimum atomic E-state index is -3.55. The molecule has 2 aliphatic heterocycles. The van der Waals surface area contributed by atoms with Crippen molar-refractivity contribution in [1.29, 1.82) is 0 Å². The molecule has 0 radical (unpaired) electrons. The van der Waals surface area contributed by atoms with Gasteiger partial charge in [-0.25, -0.2) is 8.42 Å². The first kappa shape index (κ1) is 20.1. The van der Waals surface area contributed by atoms with Gasteiger partial charge in [0.05, 0.1) is 24.2 Å². The number of aryl methyl sites for hydroxylation is 1. The van der Waals surface area contributed by atoms with Crippen LogP contribution < -0.4 is 10.1 Å². The van der Waals surface area contributed by atoms with Gasteiger partial charge in [-0.15, -0.1) is 0 Å². The molecule has 0 unspecified atom stereocenters. The number of carbonyl (C=O) groups is 1. The lowest BCUT2D eigenvalue weighted by molar-refractivity contribution is -0.123. The van der Waals surface area contributed by atoms with Crippen LogP contribution in [0.4, 0.5) is 0 Å². The van der Waals surface area contributed by atoms with Crippen molar-refractivity contribution in [3.8, 4) is 5.75 Å². The maximum atomic E-state index is 12.7. The molecule has 0 spiro atoms. The van der Waals surface area contributed by atoms with Gasteiger partial charge in [0, 0.05) is 26.2 Å². The molecule has 3 rings (SSSR count). The van der Waals surface area contributed by atoms with E-state index in [1.807, 2.05) is 0 Å². The molecule has 1 amide bonds. The summed E-state index contributed by atoms with van der Waals surface area (Å²) < 4.78 is 43.0. The van der Waals surface area contributed by atoms with Crippen LogP contribution in [-0.2, 0) is 24.3 Å². The monoisotopic (exact) mass is 398 g/mol. The fourth-order valence-corrected chi connectivity index (χ4v) is 4.60. The van der Waals surface area contributed by atoms with E-state index in [1.165, 1.54) is 10.4 Å². The molecule has 2 aliphatic rings. The molecule has 2 heterocycles. The van der Waals surface area contributed by atoms with E-state index in [4.69, 9.17) is 14.2 Å². The summed E-state index contributed by atoms with van der Waals surface area (Å²) in [6.45, 7) is 4.38. The molecule has 2 fully saturated rings. The molecule has 2 saturated heterocycles. The highest BCUT2D eigenvalue weighted by Crippen LogP contribution is 2.24. The predicted molar refractivity (Wildman–Crippen MR) is 98.2 cm³/mol. The summed E-state index contributed by atoms with van der Waals surface area (Å²) in [7, 11) is -3.55. The number of nitrogens with one attached hydrogen (secondary N) is 1. The Morgan fingerprint density at radius 1 is 1.30 bits per heavy atom. The van der Waals surface area contributed by atoms with Crippen LogP contribution in [0.25, 0.3) is 0 Å². The van der Waals surface area contributed by atoms with Crippen molar-refractivity contribution in [2.75, 3.05) is 46.1 Å². The van der Waals surface area contributed by atoms with Crippen molar-refractivity contribution >= 4 is 15.9 Å². The molecule has 8 nitrogen and oxygen atoms in total. The maximum absolute atomic E-state index is 12.7. The van der Waals surface area contributed by atoms with Crippen molar-refractivity contribution in [2.24, 2.45) is 0 Å². The fourth-order valence-electron chi connectivity index (χ4n) is 3.11. The number of amides is 1. The van der Waals surface area contributed by atoms with Crippen LogP contribution in [-0.4, -0.2) is 70.8 Å². The van der Waals surface area contributed by atoms with E-state index in [0.717, 1.165) is 19.4 Å². The van der Waals surface area contributed by atoms with E-state index >= 15 is 0 Å². The summed E-state index contributed by atoms with van der Waals surface area (Å²) in [4.78, 5) is 12.1. The Hall–Kier alpha value is -1.68. The molecule has 0 saturated carbocycles. The average molecular weight is 398 g/mol. The Bertz CT molecular complexity index is 755. The van der Waals surface area contributed by atoms with Gasteiger partial charge in [-0.2, -0.15) is 4.31 Å². The lowest BCUT2D eigenvalue weighted by Crippen LogP contribution is -2.40. The van der Waals surface area contributed by atoms with Crippen LogP contribution in [0.1, 0.15) is 18.4 Å². The number of benzene rings is 1. The zero-order valence-electron chi connectivity index (χ0n) is 15.5. The molecule has 150 valence electrons. The third-order valence-electron chi connectivity index (χ3n) is 4.66. The molecular weight excluding hydrogens is 372 g/mol. The highest BCUT2D eigenvalue weighted by atomic mass is 32.2.